The predicted octanol–water partition coefficient (Wildman–Crippen LogP) is 0.844. The van der Waals surface area contributed by atoms with Gasteiger partial charge < -0.3 is 10.1 Å². The molecule has 2 N–H and O–H groups in total. The molecule has 0 aromatic carbocycles. The zero-order valence-corrected chi connectivity index (χ0v) is 6.69. The maximum atomic E-state index is 10.6. The first-order valence-corrected chi connectivity index (χ1v) is 3.93. The van der Waals surface area contributed by atoms with Gasteiger partial charge in [0.2, 0.25) is 0 Å². The Morgan fingerprint density at radius 1 is 1.75 bits per heavy atom. The van der Waals surface area contributed by atoms with Crippen LogP contribution >= 0.6 is 0 Å². The highest BCUT2D eigenvalue weighted by atomic mass is 16.4. The van der Waals surface area contributed by atoms with Gasteiger partial charge in [-0.2, -0.15) is 0 Å². The van der Waals surface area contributed by atoms with Crippen molar-refractivity contribution >= 4 is 5.97 Å². The molecular weight excluding hydrogens is 156 g/mol. The molecule has 1 fully saturated rings. The molecule has 0 unspecified atom stereocenters. The highest BCUT2D eigenvalue weighted by Crippen LogP contribution is 2.52. The molecule has 4 nitrogen and oxygen atoms in total. The van der Waals surface area contributed by atoms with E-state index in [0.29, 0.717) is 0 Å². The van der Waals surface area contributed by atoms with Crippen LogP contribution in [0.15, 0.2) is 12.5 Å². The highest BCUT2D eigenvalue weighted by Gasteiger charge is 2.53. The molecule has 2 rings (SSSR count). The number of carbonyl (C=O) groups is 1. The standard InChI is InChI=1S/C8H10N2O2/c1-4-6(7(4)8(11)12)5-2-9-3-10-5/h2-4,6-7H,1H3,(H,9,10)(H,11,12)/t4-,6+,7+/m1/s1. The number of hydrogen-bond donors (Lipinski definition) is 2. The smallest absolute Gasteiger partial charge is 0.307 e. The minimum atomic E-state index is -0.706. The van der Waals surface area contributed by atoms with E-state index in [1.54, 1.807) is 12.5 Å². The van der Waals surface area contributed by atoms with Gasteiger partial charge in [-0.05, 0) is 5.92 Å². The van der Waals surface area contributed by atoms with Gasteiger partial charge in [0.15, 0.2) is 0 Å². The molecular formula is C8H10N2O2. The molecule has 3 atom stereocenters. The summed E-state index contributed by atoms with van der Waals surface area (Å²) in [4.78, 5) is 17.4. The molecule has 1 saturated carbocycles. The summed E-state index contributed by atoms with van der Waals surface area (Å²) in [6, 6.07) is 0. The molecule has 1 aromatic rings. The topological polar surface area (TPSA) is 66.0 Å². The lowest BCUT2D eigenvalue weighted by Crippen LogP contribution is -1.99. The minimum Gasteiger partial charge on any atom is -0.481 e. The number of nitrogens with one attached hydrogen (secondary N) is 1. The second kappa shape index (κ2) is 2.33. The molecule has 1 aromatic heterocycles. The average molecular weight is 166 g/mol. The van der Waals surface area contributed by atoms with Gasteiger partial charge in [0.1, 0.15) is 0 Å². The molecule has 12 heavy (non-hydrogen) atoms. The lowest BCUT2D eigenvalue weighted by molar-refractivity contribution is -0.138. The summed E-state index contributed by atoms with van der Waals surface area (Å²) in [6.07, 6.45) is 3.28. The van der Waals surface area contributed by atoms with Crippen LogP contribution in [0, 0.1) is 11.8 Å². The number of nitrogens with zero attached hydrogens (tertiary/aromatic N) is 1. The first-order chi connectivity index (χ1) is 5.72. The van der Waals surface area contributed by atoms with Gasteiger partial charge in [0, 0.05) is 17.8 Å². The first kappa shape index (κ1) is 7.34. The van der Waals surface area contributed by atoms with Crippen LogP contribution in [-0.2, 0) is 4.79 Å². The summed E-state index contributed by atoms with van der Waals surface area (Å²) in [5.41, 5.74) is 0.940. The number of imidazole rings is 1. The van der Waals surface area contributed by atoms with E-state index in [2.05, 4.69) is 9.97 Å². The van der Waals surface area contributed by atoms with Crippen LogP contribution in [0.3, 0.4) is 0 Å². The van der Waals surface area contributed by atoms with Gasteiger partial charge >= 0.3 is 5.97 Å². The van der Waals surface area contributed by atoms with E-state index in [1.165, 1.54) is 0 Å². The molecule has 0 saturated heterocycles. The zero-order valence-electron chi connectivity index (χ0n) is 6.69. The maximum Gasteiger partial charge on any atom is 0.307 e. The van der Waals surface area contributed by atoms with Gasteiger partial charge in [-0.3, -0.25) is 4.79 Å². The van der Waals surface area contributed by atoms with Crippen molar-refractivity contribution in [3.05, 3.63) is 18.2 Å². The van der Waals surface area contributed by atoms with Crippen LogP contribution in [0.5, 0.6) is 0 Å². The van der Waals surface area contributed by atoms with Crippen molar-refractivity contribution in [2.24, 2.45) is 11.8 Å². The van der Waals surface area contributed by atoms with Crippen LogP contribution < -0.4 is 0 Å². The Labute approximate surface area is 69.6 Å². The normalized spacial score (nSPS) is 33.2. The third kappa shape index (κ3) is 0.913. The van der Waals surface area contributed by atoms with Gasteiger partial charge in [-0.1, -0.05) is 6.92 Å². The van der Waals surface area contributed by atoms with Crippen molar-refractivity contribution < 1.29 is 9.90 Å². The summed E-state index contributed by atoms with van der Waals surface area (Å²) in [5.74, 6) is -0.541. The van der Waals surface area contributed by atoms with Crippen LogP contribution in [0.4, 0.5) is 0 Å². The fraction of sp³-hybridized carbons (Fsp3) is 0.500. The number of aromatic nitrogens is 2. The molecule has 1 heterocycles. The Kier molecular flexibility index (Phi) is 1.43. The summed E-state index contributed by atoms with van der Waals surface area (Å²) in [6.45, 7) is 1.95. The Hall–Kier alpha value is -1.32. The summed E-state index contributed by atoms with van der Waals surface area (Å²) in [5, 5.41) is 8.76. The second-order valence-corrected chi connectivity index (χ2v) is 3.26. The molecule has 0 aliphatic heterocycles. The molecule has 4 heteroatoms. The van der Waals surface area contributed by atoms with Crippen molar-refractivity contribution in [2.45, 2.75) is 12.8 Å². The molecule has 0 bridgehead atoms. The van der Waals surface area contributed by atoms with Crippen molar-refractivity contribution in [2.75, 3.05) is 0 Å². The number of rotatable bonds is 2. The monoisotopic (exact) mass is 166 g/mol. The van der Waals surface area contributed by atoms with E-state index < -0.39 is 5.97 Å². The number of carboxylic acid groups (broad SMARTS) is 1. The highest BCUT2D eigenvalue weighted by molar-refractivity contribution is 5.75. The first-order valence-electron chi connectivity index (χ1n) is 3.93. The van der Waals surface area contributed by atoms with Gasteiger partial charge in [-0.25, -0.2) is 4.98 Å². The number of aromatic amines is 1. The van der Waals surface area contributed by atoms with Crippen LogP contribution in [0.1, 0.15) is 18.5 Å². The SMILES string of the molecule is C[C@H]1[C@H](C(=O)O)[C@@H]1c1cnc[nH]1. The second-order valence-electron chi connectivity index (χ2n) is 3.26. The number of hydrogen-bond acceptors (Lipinski definition) is 2. The van der Waals surface area contributed by atoms with Crippen LogP contribution in [0.25, 0.3) is 0 Å². The Morgan fingerprint density at radius 3 is 2.92 bits per heavy atom. The largest absolute Gasteiger partial charge is 0.481 e. The van der Waals surface area contributed by atoms with E-state index in [4.69, 9.17) is 5.11 Å². The number of H-pyrrole nitrogens is 1. The van der Waals surface area contributed by atoms with Gasteiger partial charge in [0.05, 0.1) is 12.2 Å². The summed E-state index contributed by atoms with van der Waals surface area (Å²) in [7, 11) is 0. The van der Waals surface area contributed by atoms with Crippen molar-refractivity contribution in [1.29, 1.82) is 0 Å². The quantitative estimate of drug-likeness (QED) is 0.684. The summed E-state index contributed by atoms with van der Waals surface area (Å²) < 4.78 is 0. The Bertz CT molecular complexity index is 294. The van der Waals surface area contributed by atoms with Crippen LogP contribution in [-0.4, -0.2) is 21.0 Å². The lowest BCUT2D eigenvalue weighted by Gasteiger charge is -1.89. The van der Waals surface area contributed by atoms with Gasteiger partial charge in [0.25, 0.3) is 0 Å². The average Bonchev–Trinajstić information content (AvgIpc) is 2.50. The van der Waals surface area contributed by atoms with Crippen molar-refractivity contribution in [1.82, 2.24) is 9.97 Å². The van der Waals surface area contributed by atoms with Crippen molar-refractivity contribution in [3.8, 4) is 0 Å². The Balaban J connectivity index is 2.15. The number of aliphatic carboxylic acids is 1. The predicted molar refractivity (Wildman–Crippen MR) is 41.6 cm³/mol. The van der Waals surface area contributed by atoms with E-state index in [9.17, 15) is 4.79 Å². The third-order valence-corrected chi connectivity index (χ3v) is 2.54. The molecule has 1 aliphatic rings. The van der Waals surface area contributed by atoms with Crippen LogP contribution in [0.2, 0.25) is 0 Å². The lowest BCUT2D eigenvalue weighted by atomic mass is 10.2. The maximum absolute atomic E-state index is 10.6. The van der Waals surface area contributed by atoms with Gasteiger partial charge in [-0.15, -0.1) is 0 Å². The zero-order chi connectivity index (χ0) is 8.72. The third-order valence-electron chi connectivity index (χ3n) is 2.54. The van der Waals surface area contributed by atoms with E-state index >= 15 is 0 Å². The van der Waals surface area contributed by atoms with E-state index in [0.717, 1.165) is 5.69 Å². The molecule has 0 spiro atoms. The van der Waals surface area contributed by atoms with E-state index in [-0.39, 0.29) is 17.8 Å². The Morgan fingerprint density at radius 2 is 2.50 bits per heavy atom. The molecule has 1 aliphatic carbocycles. The molecule has 64 valence electrons. The van der Waals surface area contributed by atoms with E-state index in [1.807, 2.05) is 6.92 Å². The molecule has 0 radical (unpaired) electrons. The summed E-state index contributed by atoms with van der Waals surface area (Å²) >= 11 is 0. The fourth-order valence-electron chi connectivity index (χ4n) is 1.77. The van der Waals surface area contributed by atoms with Crippen molar-refractivity contribution in [3.63, 3.8) is 0 Å². The fourth-order valence-corrected chi connectivity index (χ4v) is 1.77. The minimum absolute atomic E-state index is 0.144. The number of carboxylic acids is 1. The molecule has 0 amide bonds.